The molecule has 0 spiro atoms. The Morgan fingerprint density at radius 3 is 1.67 bits per heavy atom. The van der Waals surface area contributed by atoms with E-state index in [0.29, 0.717) is 0 Å². The van der Waals surface area contributed by atoms with E-state index in [9.17, 15) is 0 Å². The molecule has 0 aromatic carbocycles. The van der Waals surface area contributed by atoms with E-state index in [4.69, 9.17) is 0 Å². The van der Waals surface area contributed by atoms with Gasteiger partial charge in [0.15, 0.2) is 0 Å². The molecule has 48 valence electrons. The van der Waals surface area contributed by atoms with Crippen molar-refractivity contribution < 1.29 is 0 Å². The predicted octanol–water partition coefficient (Wildman–Crippen LogP) is 2.01. The zero-order valence-corrected chi connectivity index (χ0v) is 6.01. The minimum absolute atomic E-state index is 1.64. The van der Waals surface area contributed by atoms with Crippen LogP contribution >= 0.6 is 0 Å². The third-order valence-corrected chi connectivity index (χ3v) is 0.495. The van der Waals surface area contributed by atoms with E-state index < -0.39 is 0 Å². The monoisotopic (exact) mass is 120 g/mol. The summed E-state index contributed by atoms with van der Waals surface area (Å²) < 4.78 is 0. The molecular weight excluding hydrogens is 107 g/mol. The zero-order valence-electron chi connectivity index (χ0n) is 6.01. The normalized spacial score (nSPS) is 6.78. The van der Waals surface area contributed by atoms with Crippen LogP contribution < -0.4 is 0 Å². The molecule has 0 aromatic heterocycles. The molecule has 0 N–H and O–H groups in total. The molecule has 0 amide bonds. The average molecular weight is 120 g/mol. The van der Waals surface area contributed by atoms with E-state index in [0.717, 1.165) is 0 Å². The molecule has 0 radical (unpaired) electrons. The van der Waals surface area contributed by atoms with Crippen LogP contribution in [-0.4, -0.2) is 13.4 Å². The maximum absolute atomic E-state index is 3.46. The van der Waals surface area contributed by atoms with Gasteiger partial charge in [0.1, 0.15) is 0 Å². The Kier molecular flexibility index (Phi) is 19.2. The van der Waals surface area contributed by atoms with Gasteiger partial charge in [-0.05, 0) is 0 Å². The first kappa shape index (κ1) is 11.0. The molecular formula is C8H13B. The summed E-state index contributed by atoms with van der Waals surface area (Å²) in [6.45, 7) is 13.9. The minimum atomic E-state index is 1.64. The molecule has 1 heteroatoms. The summed E-state index contributed by atoms with van der Waals surface area (Å²) in [7, 11) is 0. The molecule has 0 aliphatic heterocycles. The summed E-state index contributed by atoms with van der Waals surface area (Å²) in [5.41, 5.74) is 0. The van der Waals surface area contributed by atoms with E-state index >= 15 is 0 Å². The van der Waals surface area contributed by atoms with E-state index in [1.807, 2.05) is 19.0 Å². The summed E-state index contributed by atoms with van der Waals surface area (Å²) in [5, 5.41) is 0. The smallest absolute Gasteiger partial charge is 0.0701 e. The Morgan fingerprint density at radius 1 is 1.22 bits per heavy atom. The molecule has 0 unspecified atom stereocenters. The molecule has 0 rings (SSSR count). The largest absolute Gasteiger partial charge is 0.0991 e. The topological polar surface area (TPSA) is 0 Å². The van der Waals surface area contributed by atoms with Crippen molar-refractivity contribution >= 4 is 13.4 Å². The Morgan fingerprint density at radius 2 is 1.67 bits per heavy atom. The van der Waals surface area contributed by atoms with Crippen molar-refractivity contribution in [2.24, 2.45) is 0 Å². The van der Waals surface area contributed by atoms with Gasteiger partial charge in [-0.15, -0.1) is 0 Å². The van der Waals surface area contributed by atoms with Crippen molar-refractivity contribution in [1.82, 2.24) is 0 Å². The number of hydrogen-bond acceptors (Lipinski definition) is 0. The average Bonchev–Trinajstić information content (AvgIpc) is 1.91. The van der Waals surface area contributed by atoms with Crippen LogP contribution in [0.15, 0.2) is 37.4 Å². The summed E-state index contributed by atoms with van der Waals surface area (Å²) in [6.07, 6.45) is 5.22. The van der Waals surface area contributed by atoms with E-state index in [1.54, 1.807) is 19.1 Å². The molecule has 0 fully saturated rings. The van der Waals surface area contributed by atoms with Gasteiger partial charge in [-0.3, -0.25) is 0 Å². The fraction of sp³-hybridized carbons (Fsp3) is 0.125. The van der Waals surface area contributed by atoms with Crippen molar-refractivity contribution in [3.05, 3.63) is 37.4 Å². The minimum Gasteiger partial charge on any atom is -0.0991 e. The summed E-state index contributed by atoms with van der Waals surface area (Å²) >= 11 is 0. The Labute approximate surface area is 58.5 Å². The van der Waals surface area contributed by atoms with Crippen LogP contribution in [0.25, 0.3) is 0 Å². The van der Waals surface area contributed by atoms with E-state index in [2.05, 4.69) is 19.6 Å². The fourth-order valence-electron chi connectivity index (χ4n) is 0.136. The van der Waals surface area contributed by atoms with Gasteiger partial charge in [-0.25, -0.2) is 0 Å². The predicted molar refractivity (Wildman–Crippen MR) is 48.1 cm³/mol. The van der Waals surface area contributed by atoms with Crippen LogP contribution in [0.1, 0.15) is 6.92 Å². The van der Waals surface area contributed by atoms with E-state index in [1.165, 1.54) is 0 Å². The van der Waals surface area contributed by atoms with Crippen LogP contribution in [0.3, 0.4) is 0 Å². The van der Waals surface area contributed by atoms with Crippen LogP contribution in [0, 0.1) is 0 Å². The second-order valence-electron chi connectivity index (χ2n) is 1.23. The van der Waals surface area contributed by atoms with Gasteiger partial charge in [0.05, 0.1) is 0 Å². The van der Waals surface area contributed by atoms with Gasteiger partial charge in [-0.1, -0.05) is 25.3 Å². The molecule has 9 heavy (non-hydrogen) atoms. The molecule has 0 nitrogen and oxygen atoms in total. The molecule has 0 aliphatic rings. The Hall–Kier alpha value is -0.845. The van der Waals surface area contributed by atoms with E-state index in [-0.39, 0.29) is 0 Å². The van der Waals surface area contributed by atoms with Gasteiger partial charge in [0, 0.05) is 0 Å². The number of hydrogen-bond donors (Lipinski definition) is 0. The zero-order chi connectivity index (χ0) is 7.54. The Balaban J connectivity index is 0. The number of allylic oxidation sites excluding steroid dienone is 3. The second kappa shape index (κ2) is 15.7. The van der Waals surface area contributed by atoms with Gasteiger partial charge >= 0.3 is 32.4 Å². The maximum Gasteiger partial charge on any atom is -0.0701 e. The van der Waals surface area contributed by atoms with Gasteiger partial charge in [0.25, 0.3) is 0 Å². The molecule has 0 saturated carbocycles. The fourth-order valence-corrected chi connectivity index (χ4v) is 0.136. The molecule has 0 atom stereocenters. The molecule has 0 bridgehead atoms. The van der Waals surface area contributed by atoms with Crippen LogP contribution in [0.4, 0.5) is 0 Å². The standard InChI is InChI=1S/C4H7B.C4H6/c1-3-4-5-2;1-3-4-2/h3-4H,2H2,1H3;3-4H,1-2H2/b4-3-;. The first-order valence-corrected chi connectivity index (χ1v) is 2.80. The van der Waals surface area contributed by atoms with Crippen molar-refractivity contribution in [2.45, 2.75) is 6.92 Å². The Bertz CT molecular complexity index is 95.1. The van der Waals surface area contributed by atoms with Crippen molar-refractivity contribution in [3.63, 3.8) is 0 Å². The van der Waals surface area contributed by atoms with Crippen LogP contribution in [0.2, 0.25) is 0 Å². The van der Waals surface area contributed by atoms with Crippen molar-refractivity contribution in [3.8, 4) is 0 Å². The third-order valence-electron chi connectivity index (χ3n) is 0.495. The number of rotatable bonds is 2. The third kappa shape index (κ3) is 40.9. The molecule has 0 heterocycles. The maximum atomic E-state index is 3.46. The van der Waals surface area contributed by atoms with Crippen LogP contribution in [0.5, 0.6) is 0 Å². The van der Waals surface area contributed by atoms with Crippen LogP contribution in [-0.2, 0) is 0 Å². The summed E-state index contributed by atoms with van der Waals surface area (Å²) in [6, 6.07) is 0. The second-order valence-corrected chi connectivity index (χ2v) is 1.23. The quantitative estimate of drug-likeness (QED) is 0.386. The first-order chi connectivity index (χ1) is 4.33. The van der Waals surface area contributed by atoms with Gasteiger partial charge in [0.2, 0.25) is 0 Å². The van der Waals surface area contributed by atoms with Gasteiger partial charge in [-0.2, -0.15) is 0 Å². The van der Waals surface area contributed by atoms with Crippen molar-refractivity contribution in [1.29, 1.82) is 0 Å². The van der Waals surface area contributed by atoms with Crippen molar-refractivity contribution in [2.75, 3.05) is 0 Å². The molecule has 0 aromatic rings. The van der Waals surface area contributed by atoms with Gasteiger partial charge < -0.3 is 0 Å². The SMILES string of the molecule is C=B/C=C\C.C=CC=C. The first-order valence-electron chi connectivity index (χ1n) is 2.80. The molecule has 0 saturated heterocycles. The summed E-state index contributed by atoms with van der Waals surface area (Å²) in [5.74, 6) is 1.89. The summed E-state index contributed by atoms with van der Waals surface area (Å²) in [4.78, 5) is 0. The molecule has 0 aliphatic carbocycles.